The van der Waals surface area contributed by atoms with Crippen molar-refractivity contribution in [1.29, 1.82) is 0 Å². The van der Waals surface area contributed by atoms with Crippen molar-refractivity contribution in [2.75, 3.05) is 230 Å². The third kappa shape index (κ3) is 37.6. The van der Waals surface area contributed by atoms with Gasteiger partial charge in [-0.25, -0.2) is 0 Å². The van der Waals surface area contributed by atoms with Gasteiger partial charge in [-0.15, -0.1) is 0 Å². The van der Waals surface area contributed by atoms with Crippen molar-refractivity contribution in [1.82, 2.24) is 67.0 Å². The zero-order valence-electron chi connectivity index (χ0n) is 37.0. The summed E-state index contributed by atoms with van der Waals surface area (Å²) in [5.74, 6) is 0. The fourth-order valence-corrected chi connectivity index (χ4v) is 6.62. The molecule has 0 atom stereocenters. The van der Waals surface area contributed by atoms with Crippen molar-refractivity contribution in [3.05, 3.63) is 0 Å². The monoisotopic (exact) mass is 804 g/mol. The van der Waals surface area contributed by atoms with E-state index in [9.17, 15) is 0 Å². The standard InChI is InChI=1S/C39H97N17/c1-4-25-52(30-17-48-21-36-55(29-10-43)35-16-47-14-13-45-3)31-18-49-22-37-56(39-24-51-20-34-54(27-8-41)28-9-42)38-23-50-19-33-53(26-6-5-11-44-2)32-15-46-12-7-40/h44-51H,4-43H2,1-3H3. The number of unbranched alkanes of at least 4 members (excludes halogenated alkanes) is 1. The smallest absolute Gasteiger partial charge is 0.0108 e. The highest BCUT2D eigenvalue weighted by Crippen LogP contribution is 1.95. The van der Waals surface area contributed by atoms with E-state index in [2.05, 4.69) is 74.0 Å². The molecule has 0 rings (SSSR count). The first-order chi connectivity index (χ1) is 27.6. The van der Waals surface area contributed by atoms with E-state index in [1.54, 1.807) is 0 Å². The van der Waals surface area contributed by atoms with Crippen LogP contribution in [0.5, 0.6) is 0 Å². The normalized spacial score (nSPS) is 12.2. The van der Waals surface area contributed by atoms with Gasteiger partial charge >= 0.3 is 0 Å². The number of hydrogen-bond acceptors (Lipinski definition) is 17. The highest BCUT2D eigenvalue weighted by Gasteiger charge is 2.09. The van der Waals surface area contributed by atoms with Crippen molar-refractivity contribution in [3.63, 3.8) is 0 Å². The Morgan fingerprint density at radius 1 is 0.286 bits per heavy atom. The molecule has 0 aromatic rings. The van der Waals surface area contributed by atoms with Gasteiger partial charge in [-0.3, -0.25) is 14.7 Å². The highest BCUT2D eigenvalue weighted by atomic mass is 15.2. The average molecular weight is 804 g/mol. The lowest BCUT2D eigenvalue weighted by Crippen LogP contribution is -2.44. The molecular weight excluding hydrogens is 707 g/mol. The second-order valence-electron chi connectivity index (χ2n) is 14.8. The first kappa shape index (κ1) is 55.3. The van der Waals surface area contributed by atoms with Crippen LogP contribution < -0.4 is 65.5 Å². The van der Waals surface area contributed by atoms with Gasteiger partial charge in [-0.2, -0.15) is 0 Å². The van der Waals surface area contributed by atoms with E-state index in [0.717, 1.165) is 190 Å². The predicted molar refractivity (Wildman–Crippen MR) is 243 cm³/mol. The van der Waals surface area contributed by atoms with Crippen LogP contribution in [0.2, 0.25) is 0 Å². The molecule has 0 bridgehead atoms. The molecule has 0 radical (unpaired) electrons. The lowest BCUT2D eigenvalue weighted by Gasteiger charge is -2.26. The molecule has 0 saturated carbocycles. The average Bonchev–Trinajstić information content (AvgIpc) is 3.19. The van der Waals surface area contributed by atoms with Gasteiger partial charge < -0.3 is 75.3 Å². The van der Waals surface area contributed by atoms with Crippen LogP contribution >= 0.6 is 0 Å². The van der Waals surface area contributed by atoms with Crippen molar-refractivity contribution < 1.29 is 0 Å². The van der Waals surface area contributed by atoms with E-state index in [-0.39, 0.29) is 0 Å². The van der Waals surface area contributed by atoms with E-state index in [4.69, 9.17) is 22.9 Å². The summed E-state index contributed by atoms with van der Waals surface area (Å²) in [5.41, 5.74) is 23.2. The molecule has 0 aromatic carbocycles. The molecule has 0 spiro atoms. The summed E-state index contributed by atoms with van der Waals surface area (Å²) in [7, 11) is 4.02. The van der Waals surface area contributed by atoms with Crippen LogP contribution in [0.4, 0.5) is 0 Å². The molecule has 338 valence electrons. The second kappa shape index (κ2) is 45.4. The van der Waals surface area contributed by atoms with Crippen LogP contribution in [-0.4, -0.2) is 255 Å². The quantitative estimate of drug-likeness (QED) is 0.0261. The summed E-state index contributed by atoms with van der Waals surface area (Å²) < 4.78 is 0. The zero-order valence-corrected chi connectivity index (χ0v) is 37.0. The molecule has 17 nitrogen and oxygen atoms in total. The third-order valence-electron chi connectivity index (χ3n) is 9.95. The lowest BCUT2D eigenvalue weighted by molar-refractivity contribution is 0.244. The fraction of sp³-hybridized carbons (Fsp3) is 1.00. The Labute approximate surface area is 345 Å². The zero-order chi connectivity index (χ0) is 41.0. The summed E-state index contributed by atoms with van der Waals surface area (Å²) >= 11 is 0. The molecule has 17 heteroatoms. The maximum absolute atomic E-state index is 5.88. The number of rotatable bonds is 48. The van der Waals surface area contributed by atoms with Gasteiger partial charge in [-0.1, -0.05) is 6.92 Å². The molecule has 0 saturated heterocycles. The van der Waals surface area contributed by atoms with Crippen LogP contribution in [0.3, 0.4) is 0 Å². The van der Waals surface area contributed by atoms with Crippen LogP contribution in [0.15, 0.2) is 0 Å². The van der Waals surface area contributed by atoms with Crippen LogP contribution in [-0.2, 0) is 0 Å². The molecule has 0 amide bonds. The topological polar surface area (TPSA) is 217 Å². The second-order valence-corrected chi connectivity index (χ2v) is 14.8. The van der Waals surface area contributed by atoms with Crippen LogP contribution in [0.25, 0.3) is 0 Å². The molecular formula is C39H97N17. The molecule has 0 aliphatic heterocycles. The van der Waals surface area contributed by atoms with Crippen molar-refractivity contribution >= 4 is 0 Å². The maximum Gasteiger partial charge on any atom is 0.0108 e. The van der Waals surface area contributed by atoms with Gasteiger partial charge in [0.15, 0.2) is 0 Å². The van der Waals surface area contributed by atoms with E-state index in [0.29, 0.717) is 26.2 Å². The molecule has 0 fully saturated rings. The Bertz CT molecular complexity index is 726. The molecule has 0 heterocycles. The minimum absolute atomic E-state index is 0.671. The molecule has 56 heavy (non-hydrogen) atoms. The Balaban J connectivity index is 4.71. The van der Waals surface area contributed by atoms with Crippen molar-refractivity contribution in [2.45, 2.75) is 26.2 Å². The Kier molecular flexibility index (Phi) is 44.9. The molecule has 0 aromatic heterocycles. The number of nitrogens with one attached hydrogen (secondary N) is 8. The maximum atomic E-state index is 5.88. The first-order valence-corrected chi connectivity index (χ1v) is 22.5. The third-order valence-corrected chi connectivity index (χ3v) is 9.95. The Morgan fingerprint density at radius 3 is 0.929 bits per heavy atom. The summed E-state index contributed by atoms with van der Waals surface area (Å²) in [4.78, 5) is 12.6. The van der Waals surface area contributed by atoms with Gasteiger partial charge in [0.05, 0.1) is 0 Å². The summed E-state index contributed by atoms with van der Waals surface area (Å²) in [6.45, 7) is 34.4. The minimum Gasteiger partial charge on any atom is -0.329 e. The van der Waals surface area contributed by atoms with E-state index >= 15 is 0 Å². The van der Waals surface area contributed by atoms with Gasteiger partial charge in [-0.05, 0) is 53.0 Å². The molecule has 0 aliphatic carbocycles. The summed E-state index contributed by atoms with van der Waals surface area (Å²) in [6, 6.07) is 0. The van der Waals surface area contributed by atoms with Crippen molar-refractivity contribution in [2.24, 2.45) is 22.9 Å². The predicted octanol–water partition coefficient (Wildman–Crippen LogP) is -4.50. The summed E-state index contributed by atoms with van der Waals surface area (Å²) in [5, 5.41) is 28.3. The Morgan fingerprint density at radius 2 is 0.589 bits per heavy atom. The largest absolute Gasteiger partial charge is 0.329 e. The number of nitrogens with two attached hydrogens (primary N) is 4. The van der Waals surface area contributed by atoms with Gasteiger partial charge in [0.25, 0.3) is 0 Å². The van der Waals surface area contributed by atoms with E-state index in [1.807, 2.05) is 14.1 Å². The Hall–Kier alpha value is -0.680. The van der Waals surface area contributed by atoms with Crippen molar-refractivity contribution in [3.8, 4) is 0 Å². The number of hydrogen-bond donors (Lipinski definition) is 12. The van der Waals surface area contributed by atoms with Crippen LogP contribution in [0.1, 0.15) is 26.2 Å². The highest BCUT2D eigenvalue weighted by molar-refractivity contribution is 4.70. The minimum atomic E-state index is 0.671. The first-order valence-electron chi connectivity index (χ1n) is 22.5. The number of nitrogens with zero attached hydrogens (tertiary/aromatic N) is 5. The van der Waals surface area contributed by atoms with Crippen LogP contribution in [0, 0.1) is 0 Å². The van der Waals surface area contributed by atoms with Gasteiger partial charge in [0.1, 0.15) is 0 Å². The SMILES string of the molecule is CCCN(CCNCCN(CCN)CCNCCNC)CCNCCN(CCNCCN(CCN)CCN)CCNCCN(CCCCNC)CCNCCN. The van der Waals surface area contributed by atoms with Gasteiger partial charge in [0, 0.05) is 196 Å². The van der Waals surface area contributed by atoms with E-state index < -0.39 is 0 Å². The fourth-order valence-electron chi connectivity index (χ4n) is 6.62. The molecule has 0 unspecified atom stereocenters. The molecule has 0 aliphatic rings. The molecule has 16 N–H and O–H groups in total. The van der Waals surface area contributed by atoms with E-state index in [1.165, 1.54) is 19.3 Å². The summed E-state index contributed by atoms with van der Waals surface area (Å²) in [6.07, 6.45) is 3.61. The number of likely N-dealkylation sites (N-methyl/N-ethyl adjacent to an activating group) is 1. The lowest BCUT2D eigenvalue weighted by atomic mass is 10.3. The van der Waals surface area contributed by atoms with Gasteiger partial charge in [0.2, 0.25) is 0 Å².